The standard InChI is InChI=1S/C6H4BrNO3S.Na/c7-3-4(9)8-2(6(10)11)1-12-5(3)8;/h1,3,5H,(H,10,11);/q;+1/p-1/t3-,5+;/m0./s1. The molecule has 0 unspecified atom stereocenters. The maximum atomic E-state index is 11.1. The fourth-order valence-electron chi connectivity index (χ4n) is 1.15. The summed E-state index contributed by atoms with van der Waals surface area (Å²) in [5, 5.41) is 11.8. The molecule has 64 valence electrons. The summed E-state index contributed by atoms with van der Waals surface area (Å²) in [6, 6.07) is 0. The minimum Gasteiger partial charge on any atom is -0.543 e. The normalized spacial score (nSPS) is 30.1. The number of thioether (sulfide) groups is 1. The van der Waals surface area contributed by atoms with Crippen molar-refractivity contribution in [2.24, 2.45) is 0 Å². The molecule has 0 radical (unpaired) electrons. The Morgan fingerprint density at radius 3 is 2.85 bits per heavy atom. The van der Waals surface area contributed by atoms with E-state index in [1.165, 1.54) is 22.1 Å². The van der Waals surface area contributed by atoms with Crippen molar-refractivity contribution in [1.82, 2.24) is 4.90 Å². The van der Waals surface area contributed by atoms with Crippen LogP contribution in [0.1, 0.15) is 0 Å². The molecule has 2 heterocycles. The largest absolute Gasteiger partial charge is 1.00 e. The van der Waals surface area contributed by atoms with E-state index in [0.29, 0.717) is 0 Å². The van der Waals surface area contributed by atoms with E-state index in [1.54, 1.807) is 0 Å². The molecule has 1 saturated heterocycles. The number of fused-ring (bicyclic) bond motifs is 1. The Balaban J connectivity index is 0.000000845. The molecule has 0 spiro atoms. The van der Waals surface area contributed by atoms with Gasteiger partial charge in [-0.25, -0.2) is 0 Å². The van der Waals surface area contributed by atoms with Crippen molar-refractivity contribution in [3.63, 3.8) is 0 Å². The van der Waals surface area contributed by atoms with Crippen molar-refractivity contribution in [3.05, 3.63) is 11.1 Å². The van der Waals surface area contributed by atoms with Crippen LogP contribution in [0.3, 0.4) is 0 Å². The number of alkyl halides is 1. The van der Waals surface area contributed by atoms with Crippen LogP contribution in [0.25, 0.3) is 0 Å². The Bertz CT molecular complexity index is 308. The van der Waals surface area contributed by atoms with E-state index >= 15 is 0 Å². The quantitative estimate of drug-likeness (QED) is 0.280. The van der Waals surface area contributed by atoms with Crippen LogP contribution in [0, 0.1) is 0 Å². The molecule has 13 heavy (non-hydrogen) atoms. The maximum absolute atomic E-state index is 11.1. The molecule has 4 nitrogen and oxygen atoms in total. The van der Waals surface area contributed by atoms with Crippen molar-refractivity contribution in [2.45, 2.75) is 10.2 Å². The molecule has 0 aromatic heterocycles. The molecular weight excluding hydrogens is 269 g/mol. The first kappa shape index (κ1) is 11.6. The summed E-state index contributed by atoms with van der Waals surface area (Å²) in [6.45, 7) is 0. The van der Waals surface area contributed by atoms with Crippen LogP contribution in [0.15, 0.2) is 11.1 Å². The van der Waals surface area contributed by atoms with Gasteiger partial charge < -0.3 is 9.90 Å². The number of β-lactam (4-membered cyclic amide) rings is 1. The first-order valence-electron chi connectivity index (χ1n) is 3.17. The van der Waals surface area contributed by atoms with Gasteiger partial charge in [-0.05, 0) is 5.41 Å². The Morgan fingerprint density at radius 1 is 1.69 bits per heavy atom. The van der Waals surface area contributed by atoms with Gasteiger partial charge in [0.25, 0.3) is 0 Å². The third kappa shape index (κ3) is 1.59. The van der Waals surface area contributed by atoms with Crippen molar-refractivity contribution < 1.29 is 44.3 Å². The number of carbonyl (C=O) groups excluding carboxylic acids is 2. The van der Waals surface area contributed by atoms with Crippen molar-refractivity contribution in [2.75, 3.05) is 0 Å². The second kappa shape index (κ2) is 3.94. The fourth-order valence-corrected chi connectivity index (χ4v) is 3.05. The Hall–Kier alpha value is 0.510. The summed E-state index contributed by atoms with van der Waals surface area (Å²) in [6.07, 6.45) is 0. The number of hydrogen-bond donors (Lipinski definition) is 0. The maximum Gasteiger partial charge on any atom is 1.00 e. The molecular formula is C6H3BrNNaO3S. The molecule has 2 aliphatic heterocycles. The summed E-state index contributed by atoms with van der Waals surface area (Å²) in [5.41, 5.74) is -0.0225. The number of aliphatic carboxylic acids is 1. The van der Waals surface area contributed by atoms with E-state index in [9.17, 15) is 14.7 Å². The third-order valence-corrected chi connectivity index (χ3v) is 4.13. The van der Waals surface area contributed by atoms with E-state index in [4.69, 9.17) is 0 Å². The zero-order chi connectivity index (χ0) is 8.88. The van der Waals surface area contributed by atoms with Crippen LogP contribution in [-0.2, 0) is 9.59 Å². The minimum atomic E-state index is -1.29. The molecule has 0 saturated carbocycles. The summed E-state index contributed by atoms with van der Waals surface area (Å²) >= 11 is 4.47. The van der Waals surface area contributed by atoms with Crippen LogP contribution in [0.4, 0.5) is 0 Å². The van der Waals surface area contributed by atoms with E-state index in [2.05, 4.69) is 15.9 Å². The predicted molar refractivity (Wildman–Crippen MR) is 44.0 cm³/mol. The number of halogens is 1. The first-order valence-corrected chi connectivity index (χ1v) is 5.03. The van der Waals surface area contributed by atoms with Gasteiger partial charge in [-0.1, -0.05) is 15.9 Å². The summed E-state index contributed by atoms with van der Waals surface area (Å²) in [4.78, 5) is 22.5. The van der Waals surface area contributed by atoms with Crippen LogP contribution in [0.5, 0.6) is 0 Å². The first-order chi connectivity index (χ1) is 5.63. The summed E-state index contributed by atoms with van der Waals surface area (Å²) in [5.74, 6) is -1.50. The average molecular weight is 272 g/mol. The van der Waals surface area contributed by atoms with Crippen molar-refractivity contribution in [1.29, 1.82) is 0 Å². The van der Waals surface area contributed by atoms with Crippen LogP contribution >= 0.6 is 27.7 Å². The Morgan fingerprint density at radius 2 is 2.31 bits per heavy atom. The van der Waals surface area contributed by atoms with Gasteiger partial charge in [-0.3, -0.25) is 9.69 Å². The van der Waals surface area contributed by atoms with Gasteiger partial charge in [-0.15, -0.1) is 11.8 Å². The predicted octanol–water partition coefficient (Wildman–Crippen LogP) is -3.74. The number of nitrogens with zero attached hydrogens (tertiary/aromatic N) is 1. The second-order valence-electron chi connectivity index (χ2n) is 2.43. The molecule has 0 aromatic carbocycles. The number of amides is 1. The van der Waals surface area contributed by atoms with Gasteiger partial charge in [0.05, 0.1) is 11.7 Å². The summed E-state index contributed by atoms with van der Waals surface area (Å²) in [7, 11) is 0. The van der Waals surface area contributed by atoms with E-state index in [1.807, 2.05) is 0 Å². The van der Waals surface area contributed by atoms with Gasteiger partial charge in [-0.2, -0.15) is 0 Å². The van der Waals surface area contributed by atoms with E-state index in [-0.39, 0.29) is 51.4 Å². The van der Waals surface area contributed by atoms with Crippen LogP contribution in [-0.4, -0.2) is 27.0 Å². The molecule has 2 rings (SSSR count). The van der Waals surface area contributed by atoms with Gasteiger partial charge in [0.2, 0.25) is 5.91 Å². The third-order valence-electron chi connectivity index (χ3n) is 1.77. The van der Waals surface area contributed by atoms with E-state index in [0.717, 1.165) is 0 Å². The van der Waals surface area contributed by atoms with Crippen LogP contribution in [0.2, 0.25) is 0 Å². The van der Waals surface area contributed by atoms with Crippen molar-refractivity contribution in [3.8, 4) is 0 Å². The van der Waals surface area contributed by atoms with E-state index < -0.39 is 5.97 Å². The molecule has 0 aromatic rings. The molecule has 1 amide bonds. The average Bonchev–Trinajstić information content (AvgIpc) is 2.43. The van der Waals surface area contributed by atoms with Gasteiger partial charge >= 0.3 is 29.6 Å². The zero-order valence-electron chi connectivity index (χ0n) is 6.69. The zero-order valence-corrected chi connectivity index (χ0v) is 11.1. The molecule has 0 aliphatic carbocycles. The topological polar surface area (TPSA) is 60.4 Å². The Labute approximate surface area is 109 Å². The molecule has 0 N–H and O–H groups in total. The van der Waals surface area contributed by atoms with Gasteiger partial charge in [0.15, 0.2) is 0 Å². The molecule has 2 aliphatic rings. The molecule has 7 heteroatoms. The summed E-state index contributed by atoms with van der Waals surface area (Å²) < 4.78 is 0. The minimum absolute atomic E-state index is 0. The number of rotatable bonds is 1. The monoisotopic (exact) mass is 271 g/mol. The smallest absolute Gasteiger partial charge is 0.543 e. The number of carboxylic acid groups (broad SMARTS) is 1. The molecule has 0 bridgehead atoms. The molecule has 2 atom stereocenters. The van der Waals surface area contributed by atoms with Crippen LogP contribution < -0.4 is 34.7 Å². The Kier molecular flexibility index (Phi) is 3.51. The molecule has 1 fully saturated rings. The van der Waals surface area contributed by atoms with Crippen molar-refractivity contribution >= 4 is 39.6 Å². The number of carboxylic acids is 1. The number of hydrogen-bond acceptors (Lipinski definition) is 4. The second-order valence-corrected chi connectivity index (χ2v) is 4.40. The van der Waals surface area contributed by atoms with Gasteiger partial charge in [0.1, 0.15) is 10.2 Å². The number of carbonyl (C=O) groups is 2. The fraction of sp³-hybridized carbons (Fsp3) is 0.333. The SMILES string of the molecule is O=C([O-])C1=CS[C@@H]2[C@@H](Br)C(=O)N12.[Na+]. The van der Waals surface area contributed by atoms with Gasteiger partial charge in [0, 0.05) is 0 Å².